The summed E-state index contributed by atoms with van der Waals surface area (Å²) in [5.41, 5.74) is 8.29. The maximum Gasteiger partial charge on any atom is 0.0393 e. The van der Waals surface area contributed by atoms with Crippen LogP contribution in [0.4, 0.5) is 5.69 Å². The average molecular weight is 220 g/mol. The molecule has 0 spiro atoms. The van der Waals surface area contributed by atoms with E-state index >= 15 is 0 Å². The van der Waals surface area contributed by atoms with Crippen molar-refractivity contribution in [1.29, 1.82) is 0 Å². The van der Waals surface area contributed by atoms with Crippen molar-refractivity contribution in [2.75, 3.05) is 25.0 Å². The molecule has 0 bridgehead atoms. The van der Waals surface area contributed by atoms with Gasteiger partial charge >= 0.3 is 0 Å². The highest BCUT2D eigenvalue weighted by molar-refractivity contribution is 5.52. The largest absolute Gasteiger partial charge is 0.374 e. The van der Waals surface area contributed by atoms with Gasteiger partial charge in [0.05, 0.1) is 0 Å². The van der Waals surface area contributed by atoms with E-state index in [4.69, 9.17) is 5.73 Å². The third kappa shape index (κ3) is 3.86. The summed E-state index contributed by atoms with van der Waals surface area (Å²) >= 11 is 0. The topological polar surface area (TPSA) is 29.3 Å². The molecule has 0 aliphatic heterocycles. The van der Waals surface area contributed by atoms with Crippen LogP contribution in [0, 0.1) is 12.8 Å². The van der Waals surface area contributed by atoms with Gasteiger partial charge in [-0.2, -0.15) is 0 Å². The summed E-state index contributed by atoms with van der Waals surface area (Å²) in [6.45, 7) is 6.28. The van der Waals surface area contributed by atoms with Crippen molar-refractivity contribution in [2.45, 2.75) is 26.7 Å². The first-order chi connectivity index (χ1) is 7.65. The van der Waals surface area contributed by atoms with Gasteiger partial charge in [-0.05, 0) is 43.9 Å². The first kappa shape index (κ1) is 13.0. The summed E-state index contributed by atoms with van der Waals surface area (Å²) < 4.78 is 0. The molecule has 16 heavy (non-hydrogen) atoms. The second-order valence-electron chi connectivity index (χ2n) is 4.69. The van der Waals surface area contributed by atoms with Gasteiger partial charge in [-0.15, -0.1) is 0 Å². The molecule has 0 aliphatic rings. The quantitative estimate of drug-likeness (QED) is 0.798. The molecule has 2 heteroatoms. The van der Waals surface area contributed by atoms with Crippen LogP contribution in [0.15, 0.2) is 24.3 Å². The molecule has 1 unspecified atom stereocenters. The number of rotatable bonds is 6. The molecule has 1 aromatic carbocycles. The Morgan fingerprint density at radius 3 is 2.62 bits per heavy atom. The molecule has 1 aromatic rings. The normalized spacial score (nSPS) is 12.5. The Labute approximate surface area is 99.5 Å². The molecule has 0 amide bonds. The lowest BCUT2D eigenvalue weighted by atomic mass is 10.1. The fraction of sp³-hybridized carbons (Fsp3) is 0.571. The highest BCUT2D eigenvalue weighted by Crippen LogP contribution is 2.18. The zero-order chi connectivity index (χ0) is 12.0. The minimum atomic E-state index is 0.644. The Bertz CT molecular complexity index is 309. The van der Waals surface area contributed by atoms with E-state index in [2.05, 4.69) is 50.1 Å². The van der Waals surface area contributed by atoms with Crippen molar-refractivity contribution in [3.8, 4) is 0 Å². The molecule has 0 saturated heterocycles. The standard InChI is InChI=1S/C14H24N2/c1-12(11-15)7-6-10-16(3)14-9-5-4-8-13(14)2/h4-5,8-9,12H,6-7,10-11,15H2,1-3H3. The van der Waals surface area contributed by atoms with E-state index in [1.54, 1.807) is 0 Å². The number of anilines is 1. The lowest BCUT2D eigenvalue weighted by molar-refractivity contribution is 0.521. The molecule has 2 nitrogen and oxygen atoms in total. The number of para-hydroxylation sites is 1. The van der Waals surface area contributed by atoms with E-state index in [-0.39, 0.29) is 0 Å². The molecule has 0 fully saturated rings. The van der Waals surface area contributed by atoms with Crippen LogP contribution in [0.25, 0.3) is 0 Å². The lowest BCUT2D eigenvalue weighted by Crippen LogP contribution is -2.21. The molecular weight excluding hydrogens is 196 g/mol. The van der Waals surface area contributed by atoms with Gasteiger partial charge in [0.25, 0.3) is 0 Å². The van der Waals surface area contributed by atoms with Crippen LogP contribution in [-0.2, 0) is 0 Å². The Hall–Kier alpha value is -1.02. The molecule has 1 atom stereocenters. The van der Waals surface area contributed by atoms with Gasteiger partial charge in [-0.3, -0.25) is 0 Å². The minimum absolute atomic E-state index is 0.644. The first-order valence-corrected chi connectivity index (χ1v) is 6.12. The van der Waals surface area contributed by atoms with Crippen LogP contribution < -0.4 is 10.6 Å². The van der Waals surface area contributed by atoms with Crippen molar-refractivity contribution in [3.63, 3.8) is 0 Å². The van der Waals surface area contributed by atoms with Gasteiger partial charge in [0.1, 0.15) is 0 Å². The van der Waals surface area contributed by atoms with E-state index in [1.807, 2.05) is 0 Å². The van der Waals surface area contributed by atoms with Gasteiger partial charge < -0.3 is 10.6 Å². The van der Waals surface area contributed by atoms with Gasteiger partial charge in [0, 0.05) is 19.3 Å². The molecule has 0 radical (unpaired) electrons. The molecule has 0 saturated carbocycles. The molecule has 0 heterocycles. The third-order valence-corrected chi connectivity index (χ3v) is 3.12. The van der Waals surface area contributed by atoms with Crippen molar-refractivity contribution in [2.24, 2.45) is 11.7 Å². The fourth-order valence-electron chi connectivity index (χ4n) is 1.91. The number of aryl methyl sites for hydroxylation is 1. The van der Waals surface area contributed by atoms with Gasteiger partial charge in [-0.25, -0.2) is 0 Å². The van der Waals surface area contributed by atoms with E-state index in [0.29, 0.717) is 5.92 Å². The maximum atomic E-state index is 5.61. The number of benzene rings is 1. The Morgan fingerprint density at radius 1 is 1.31 bits per heavy atom. The zero-order valence-corrected chi connectivity index (χ0v) is 10.7. The summed E-state index contributed by atoms with van der Waals surface area (Å²) in [5, 5.41) is 0. The predicted molar refractivity (Wildman–Crippen MR) is 71.9 cm³/mol. The maximum absolute atomic E-state index is 5.61. The smallest absolute Gasteiger partial charge is 0.0393 e. The van der Waals surface area contributed by atoms with Gasteiger partial charge in [0.15, 0.2) is 0 Å². The zero-order valence-electron chi connectivity index (χ0n) is 10.7. The molecule has 1 rings (SSSR count). The number of hydrogen-bond acceptors (Lipinski definition) is 2. The number of hydrogen-bond donors (Lipinski definition) is 1. The van der Waals surface area contributed by atoms with E-state index in [1.165, 1.54) is 24.1 Å². The van der Waals surface area contributed by atoms with E-state index in [9.17, 15) is 0 Å². The Kier molecular flexibility index (Phi) is 5.33. The summed E-state index contributed by atoms with van der Waals surface area (Å²) in [4.78, 5) is 2.33. The second kappa shape index (κ2) is 6.54. The number of nitrogens with zero attached hydrogens (tertiary/aromatic N) is 1. The van der Waals surface area contributed by atoms with Crippen LogP contribution in [0.1, 0.15) is 25.3 Å². The summed E-state index contributed by atoms with van der Waals surface area (Å²) in [7, 11) is 2.16. The molecule has 2 N–H and O–H groups in total. The average Bonchev–Trinajstić information content (AvgIpc) is 2.29. The molecular formula is C14H24N2. The first-order valence-electron chi connectivity index (χ1n) is 6.12. The van der Waals surface area contributed by atoms with Crippen molar-refractivity contribution < 1.29 is 0 Å². The fourth-order valence-corrected chi connectivity index (χ4v) is 1.91. The summed E-state index contributed by atoms with van der Waals surface area (Å²) in [6, 6.07) is 8.53. The van der Waals surface area contributed by atoms with Crippen LogP contribution in [-0.4, -0.2) is 20.1 Å². The molecule has 0 aromatic heterocycles. The predicted octanol–water partition coefficient (Wildman–Crippen LogP) is 2.81. The van der Waals surface area contributed by atoms with Crippen molar-refractivity contribution in [1.82, 2.24) is 0 Å². The summed E-state index contributed by atoms with van der Waals surface area (Å²) in [5.74, 6) is 0.644. The van der Waals surface area contributed by atoms with Gasteiger partial charge in [0.2, 0.25) is 0 Å². The number of nitrogens with two attached hydrogens (primary N) is 1. The summed E-state index contributed by atoms with van der Waals surface area (Å²) in [6.07, 6.45) is 2.43. The lowest BCUT2D eigenvalue weighted by Gasteiger charge is -2.22. The van der Waals surface area contributed by atoms with Gasteiger partial charge in [-0.1, -0.05) is 25.1 Å². The highest BCUT2D eigenvalue weighted by atomic mass is 15.1. The van der Waals surface area contributed by atoms with Crippen LogP contribution >= 0.6 is 0 Å². The Balaban J connectivity index is 2.41. The van der Waals surface area contributed by atoms with Crippen molar-refractivity contribution in [3.05, 3.63) is 29.8 Å². The van der Waals surface area contributed by atoms with Crippen LogP contribution in [0.2, 0.25) is 0 Å². The van der Waals surface area contributed by atoms with Crippen LogP contribution in [0.5, 0.6) is 0 Å². The molecule has 90 valence electrons. The third-order valence-electron chi connectivity index (χ3n) is 3.12. The monoisotopic (exact) mass is 220 g/mol. The van der Waals surface area contributed by atoms with Crippen molar-refractivity contribution >= 4 is 5.69 Å². The minimum Gasteiger partial charge on any atom is -0.374 e. The molecule has 0 aliphatic carbocycles. The Morgan fingerprint density at radius 2 is 2.00 bits per heavy atom. The van der Waals surface area contributed by atoms with E-state index < -0.39 is 0 Å². The highest BCUT2D eigenvalue weighted by Gasteiger charge is 2.04. The van der Waals surface area contributed by atoms with Crippen LogP contribution in [0.3, 0.4) is 0 Å². The van der Waals surface area contributed by atoms with E-state index in [0.717, 1.165) is 13.1 Å². The second-order valence-corrected chi connectivity index (χ2v) is 4.69. The SMILES string of the molecule is Cc1ccccc1N(C)CCCC(C)CN.